The third-order valence-electron chi connectivity index (χ3n) is 7.75. The Bertz CT molecular complexity index is 1560. The van der Waals surface area contributed by atoms with E-state index in [1.165, 1.54) is 17.0 Å². The molecule has 1 aliphatic rings. The second-order valence-electron chi connectivity index (χ2n) is 10.9. The third-order valence-corrected chi connectivity index (χ3v) is 10.3. The van der Waals surface area contributed by atoms with Crippen molar-refractivity contribution in [1.29, 1.82) is 0 Å². The Morgan fingerprint density at radius 1 is 0.977 bits per heavy atom. The molecule has 1 N–H and O–H groups in total. The fourth-order valence-electron chi connectivity index (χ4n) is 5.41. The standard InChI is InChI=1S/C33H39Cl2N3O5S/c1-4-29(33(40)36-25-10-6-7-11-25)37(21-24-16-19-27(34)28(35)20-24)32(39)22-38(30-12-8-9-13-31(30)43-5-2)44(41,42)26-17-14-23(3)15-18-26/h8-9,12-20,25,29H,4-7,10-11,21-22H2,1-3H3,(H,36,40)/t29-/m0/s1. The maximum Gasteiger partial charge on any atom is 0.264 e. The number of rotatable bonds is 13. The van der Waals surface area contributed by atoms with E-state index in [4.69, 9.17) is 27.9 Å². The highest BCUT2D eigenvalue weighted by molar-refractivity contribution is 7.92. The lowest BCUT2D eigenvalue weighted by Crippen LogP contribution is -2.53. The van der Waals surface area contributed by atoms with Gasteiger partial charge in [0.25, 0.3) is 10.0 Å². The number of ether oxygens (including phenoxy) is 1. The Morgan fingerprint density at radius 3 is 2.30 bits per heavy atom. The van der Waals surface area contributed by atoms with Gasteiger partial charge >= 0.3 is 0 Å². The minimum absolute atomic E-state index is 0.0256. The van der Waals surface area contributed by atoms with Gasteiger partial charge in [0.15, 0.2) is 0 Å². The van der Waals surface area contributed by atoms with Crippen molar-refractivity contribution in [3.63, 3.8) is 0 Å². The van der Waals surface area contributed by atoms with Gasteiger partial charge < -0.3 is 15.0 Å². The minimum Gasteiger partial charge on any atom is -0.492 e. The zero-order chi connectivity index (χ0) is 31.9. The van der Waals surface area contributed by atoms with Crippen LogP contribution in [0.25, 0.3) is 0 Å². The number of carbonyl (C=O) groups is 2. The Balaban J connectivity index is 1.76. The molecule has 236 valence electrons. The number of nitrogens with one attached hydrogen (secondary N) is 1. The van der Waals surface area contributed by atoms with Crippen LogP contribution in [0.15, 0.2) is 71.6 Å². The lowest BCUT2D eigenvalue weighted by Gasteiger charge is -2.34. The molecule has 1 atom stereocenters. The number of hydrogen-bond donors (Lipinski definition) is 1. The second kappa shape index (κ2) is 15.1. The van der Waals surface area contributed by atoms with Crippen LogP contribution in [0.1, 0.15) is 57.1 Å². The first-order valence-electron chi connectivity index (χ1n) is 14.9. The van der Waals surface area contributed by atoms with E-state index in [9.17, 15) is 18.0 Å². The van der Waals surface area contributed by atoms with Gasteiger partial charge in [-0.15, -0.1) is 0 Å². The third kappa shape index (κ3) is 8.06. The molecular formula is C33H39Cl2N3O5S. The summed E-state index contributed by atoms with van der Waals surface area (Å²) >= 11 is 12.4. The number of hydrogen-bond acceptors (Lipinski definition) is 5. The minimum atomic E-state index is -4.23. The summed E-state index contributed by atoms with van der Waals surface area (Å²) in [6.45, 7) is 5.26. The summed E-state index contributed by atoms with van der Waals surface area (Å²) in [5.74, 6) is -0.498. The molecular weight excluding hydrogens is 621 g/mol. The van der Waals surface area contributed by atoms with Crippen LogP contribution in [-0.2, 0) is 26.2 Å². The topological polar surface area (TPSA) is 96.0 Å². The number of halogens is 2. The van der Waals surface area contributed by atoms with Gasteiger partial charge in [-0.1, -0.05) is 78.9 Å². The predicted molar refractivity (Wildman–Crippen MR) is 175 cm³/mol. The van der Waals surface area contributed by atoms with E-state index in [0.717, 1.165) is 35.6 Å². The molecule has 2 amide bonds. The summed E-state index contributed by atoms with van der Waals surface area (Å²) < 4.78 is 35.2. The molecule has 0 bridgehead atoms. The number of benzene rings is 3. The first-order chi connectivity index (χ1) is 21.0. The average Bonchev–Trinajstić information content (AvgIpc) is 3.51. The van der Waals surface area contributed by atoms with Crippen molar-refractivity contribution in [2.75, 3.05) is 17.5 Å². The van der Waals surface area contributed by atoms with Crippen LogP contribution in [0, 0.1) is 6.92 Å². The van der Waals surface area contributed by atoms with E-state index >= 15 is 0 Å². The molecule has 1 aliphatic carbocycles. The van der Waals surface area contributed by atoms with Crippen molar-refractivity contribution in [3.05, 3.63) is 87.9 Å². The lowest BCUT2D eigenvalue weighted by molar-refractivity contribution is -0.140. The highest BCUT2D eigenvalue weighted by atomic mass is 35.5. The SMILES string of the molecule is CCOc1ccccc1N(CC(=O)N(Cc1ccc(Cl)c(Cl)c1)[C@@H](CC)C(=O)NC1CCCC1)S(=O)(=O)c1ccc(C)cc1. The number of para-hydroxylation sites is 2. The summed E-state index contributed by atoms with van der Waals surface area (Å²) in [5.41, 5.74) is 1.77. The van der Waals surface area contributed by atoms with Crippen LogP contribution in [-0.4, -0.2) is 50.4 Å². The number of sulfonamides is 1. The Hall–Kier alpha value is -3.27. The molecule has 3 aromatic rings. The molecule has 0 aromatic heterocycles. The van der Waals surface area contributed by atoms with E-state index in [0.29, 0.717) is 34.4 Å². The Kier molecular flexibility index (Phi) is 11.6. The second-order valence-corrected chi connectivity index (χ2v) is 13.6. The summed E-state index contributed by atoms with van der Waals surface area (Å²) in [7, 11) is -4.23. The first-order valence-corrected chi connectivity index (χ1v) is 17.1. The van der Waals surface area contributed by atoms with Crippen LogP contribution in [0.4, 0.5) is 5.69 Å². The Labute approximate surface area is 270 Å². The predicted octanol–water partition coefficient (Wildman–Crippen LogP) is 6.76. The highest BCUT2D eigenvalue weighted by Crippen LogP contribution is 2.33. The quantitative estimate of drug-likeness (QED) is 0.219. The monoisotopic (exact) mass is 659 g/mol. The molecule has 4 rings (SSSR count). The van der Waals surface area contributed by atoms with Crippen molar-refractivity contribution >= 4 is 50.7 Å². The molecule has 0 aliphatic heterocycles. The summed E-state index contributed by atoms with van der Waals surface area (Å²) in [6, 6.07) is 17.4. The largest absolute Gasteiger partial charge is 0.492 e. The maximum absolute atomic E-state index is 14.4. The molecule has 11 heteroatoms. The number of anilines is 1. The van der Waals surface area contributed by atoms with Crippen LogP contribution < -0.4 is 14.4 Å². The van der Waals surface area contributed by atoms with Crippen molar-refractivity contribution in [2.45, 2.75) is 76.4 Å². The fourth-order valence-corrected chi connectivity index (χ4v) is 7.16. The molecule has 3 aromatic carbocycles. The average molecular weight is 661 g/mol. The maximum atomic E-state index is 14.4. The van der Waals surface area contributed by atoms with Crippen molar-refractivity contribution in [3.8, 4) is 5.75 Å². The fraction of sp³-hybridized carbons (Fsp3) is 0.394. The van der Waals surface area contributed by atoms with E-state index < -0.39 is 28.5 Å². The van der Waals surface area contributed by atoms with Crippen molar-refractivity contribution < 1.29 is 22.7 Å². The van der Waals surface area contributed by atoms with Gasteiger partial charge in [0, 0.05) is 12.6 Å². The molecule has 1 saturated carbocycles. The number of carbonyl (C=O) groups excluding carboxylic acids is 2. The van der Waals surface area contributed by atoms with Gasteiger partial charge in [0.1, 0.15) is 18.3 Å². The smallest absolute Gasteiger partial charge is 0.264 e. The normalized spacial score (nSPS) is 14.2. The first kappa shape index (κ1) is 33.6. The summed E-state index contributed by atoms with van der Waals surface area (Å²) in [5, 5.41) is 3.79. The van der Waals surface area contributed by atoms with E-state index in [1.807, 2.05) is 13.8 Å². The Morgan fingerprint density at radius 2 is 1.66 bits per heavy atom. The van der Waals surface area contributed by atoms with Gasteiger partial charge in [-0.05, 0) is 75.1 Å². The molecule has 0 saturated heterocycles. The van der Waals surface area contributed by atoms with Gasteiger partial charge in [0.2, 0.25) is 11.8 Å². The van der Waals surface area contributed by atoms with Crippen LogP contribution in [0.2, 0.25) is 10.0 Å². The summed E-state index contributed by atoms with van der Waals surface area (Å²) in [6.07, 6.45) is 4.18. The summed E-state index contributed by atoms with van der Waals surface area (Å²) in [4.78, 5) is 29.5. The number of amides is 2. The van der Waals surface area contributed by atoms with Crippen molar-refractivity contribution in [2.24, 2.45) is 0 Å². The van der Waals surface area contributed by atoms with E-state index in [-0.39, 0.29) is 29.1 Å². The molecule has 0 radical (unpaired) electrons. The molecule has 8 nitrogen and oxygen atoms in total. The van der Waals surface area contributed by atoms with Crippen molar-refractivity contribution in [1.82, 2.24) is 10.2 Å². The molecule has 0 heterocycles. The van der Waals surface area contributed by atoms with Crippen LogP contribution >= 0.6 is 23.2 Å². The number of nitrogens with zero attached hydrogens (tertiary/aromatic N) is 2. The molecule has 0 unspecified atom stereocenters. The lowest BCUT2D eigenvalue weighted by atomic mass is 10.1. The molecule has 44 heavy (non-hydrogen) atoms. The van der Waals surface area contributed by atoms with Gasteiger partial charge in [0.05, 0.1) is 27.2 Å². The van der Waals surface area contributed by atoms with Gasteiger partial charge in [-0.3, -0.25) is 13.9 Å². The highest BCUT2D eigenvalue weighted by Gasteiger charge is 2.35. The van der Waals surface area contributed by atoms with Gasteiger partial charge in [-0.25, -0.2) is 8.42 Å². The molecule has 1 fully saturated rings. The van der Waals surface area contributed by atoms with Crippen LogP contribution in [0.5, 0.6) is 5.75 Å². The van der Waals surface area contributed by atoms with Crippen LogP contribution in [0.3, 0.4) is 0 Å². The zero-order valence-electron chi connectivity index (χ0n) is 25.3. The molecule has 0 spiro atoms. The zero-order valence-corrected chi connectivity index (χ0v) is 27.6. The number of aryl methyl sites for hydroxylation is 1. The van der Waals surface area contributed by atoms with E-state index in [1.54, 1.807) is 61.5 Å². The van der Waals surface area contributed by atoms with E-state index in [2.05, 4.69) is 5.32 Å². The van der Waals surface area contributed by atoms with Gasteiger partial charge in [-0.2, -0.15) is 0 Å².